The third kappa shape index (κ3) is 3.22. The fourth-order valence-corrected chi connectivity index (χ4v) is 4.28. The highest BCUT2D eigenvalue weighted by molar-refractivity contribution is 5.75. The molecular weight excluding hydrogens is 330 g/mol. The van der Waals surface area contributed by atoms with Crippen LogP contribution in [0.15, 0.2) is 10.5 Å². The van der Waals surface area contributed by atoms with Crippen LogP contribution in [0.1, 0.15) is 73.9 Å². The second-order valence-corrected chi connectivity index (χ2v) is 8.39. The molecule has 140 valence electrons. The molecule has 0 aromatic carbocycles. The topological polar surface area (TPSA) is 85.0 Å². The first-order valence-corrected chi connectivity index (χ1v) is 9.38. The smallest absolute Gasteiger partial charge is 0.315 e. The summed E-state index contributed by atoms with van der Waals surface area (Å²) in [4.78, 5) is 17.2. The molecule has 0 spiro atoms. The Hall–Kier alpha value is -2.31. The van der Waals surface area contributed by atoms with Crippen molar-refractivity contribution in [3.05, 3.63) is 34.8 Å². The molecule has 0 fully saturated rings. The highest BCUT2D eigenvalue weighted by Crippen LogP contribution is 2.42. The maximum atomic E-state index is 12.7. The van der Waals surface area contributed by atoms with Gasteiger partial charge in [-0.25, -0.2) is 14.5 Å². The van der Waals surface area contributed by atoms with Crippen molar-refractivity contribution in [1.29, 1.82) is 0 Å². The van der Waals surface area contributed by atoms with Gasteiger partial charge in [-0.3, -0.25) is 0 Å². The molecule has 2 amide bonds. The largest absolute Gasteiger partial charge is 0.466 e. The lowest BCUT2D eigenvalue weighted by atomic mass is 9.75. The van der Waals surface area contributed by atoms with Crippen LogP contribution in [0.4, 0.5) is 4.79 Å². The minimum Gasteiger partial charge on any atom is -0.466 e. The molecule has 2 N–H and O–H groups in total. The van der Waals surface area contributed by atoms with Gasteiger partial charge in [0.15, 0.2) is 0 Å². The van der Waals surface area contributed by atoms with Crippen LogP contribution in [0, 0.1) is 19.3 Å². The van der Waals surface area contributed by atoms with Gasteiger partial charge in [0.2, 0.25) is 0 Å². The summed E-state index contributed by atoms with van der Waals surface area (Å²) < 4.78 is 7.77. The number of hydrogen-bond acceptors (Lipinski definition) is 4. The lowest BCUT2D eigenvalue weighted by molar-refractivity contribution is 0.209. The Morgan fingerprint density at radius 3 is 2.88 bits per heavy atom. The number of fused-ring (bicyclic) bond motifs is 2. The van der Waals surface area contributed by atoms with Crippen molar-refractivity contribution in [1.82, 2.24) is 25.4 Å². The number of nitrogens with zero attached hydrogens (tertiary/aromatic N) is 3. The number of urea groups is 1. The first kappa shape index (κ1) is 17.1. The number of rotatable bonds is 2. The highest BCUT2D eigenvalue weighted by atomic mass is 16.3. The van der Waals surface area contributed by atoms with Crippen molar-refractivity contribution in [2.45, 2.75) is 72.0 Å². The standard InChI is InChI=1S/C19H27N5O2/c1-11-8-13-15(9-19(3,4)10-16(13)26-11)22-18(25)21-14-6-5-7-24-17(14)20-12(2)23-24/h8,14-15H,5-7,9-10H2,1-4H3,(H2,21,22,25). The summed E-state index contributed by atoms with van der Waals surface area (Å²) in [7, 11) is 0. The van der Waals surface area contributed by atoms with Gasteiger partial charge in [0.1, 0.15) is 23.2 Å². The molecular formula is C19H27N5O2. The molecule has 2 aromatic heterocycles. The zero-order chi connectivity index (χ0) is 18.5. The first-order chi connectivity index (χ1) is 12.3. The molecule has 2 atom stereocenters. The molecule has 2 unspecified atom stereocenters. The molecule has 0 bridgehead atoms. The summed E-state index contributed by atoms with van der Waals surface area (Å²) >= 11 is 0. The molecule has 2 aromatic rings. The molecule has 1 aliphatic carbocycles. The summed E-state index contributed by atoms with van der Waals surface area (Å²) in [5.41, 5.74) is 1.21. The third-order valence-electron chi connectivity index (χ3n) is 5.33. The van der Waals surface area contributed by atoms with E-state index >= 15 is 0 Å². The second-order valence-electron chi connectivity index (χ2n) is 8.39. The first-order valence-electron chi connectivity index (χ1n) is 9.38. The summed E-state index contributed by atoms with van der Waals surface area (Å²) in [6.07, 6.45) is 3.67. The third-order valence-corrected chi connectivity index (χ3v) is 5.33. The number of aryl methyl sites for hydroxylation is 3. The fraction of sp³-hybridized carbons (Fsp3) is 0.632. The molecule has 1 aliphatic heterocycles. The minimum absolute atomic E-state index is 0.0330. The maximum Gasteiger partial charge on any atom is 0.315 e. The summed E-state index contributed by atoms with van der Waals surface area (Å²) in [5, 5.41) is 10.7. The number of nitrogens with one attached hydrogen (secondary N) is 2. The molecule has 0 radical (unpaired) electrons. The van der Waals surface area contributed by atoms with Crippen molar-refractivity contribution in [3.63, 3.8) is 0 Å². The maximum absolute atomic E-state index is 12.7. The number of furan rings is 1. The Bertz CT molecular complexity index is 835. The highest BCUT2D eigenvalue weighted by Gasteiger charge is 2.36. The van der Waals surface area contributed by atoms with E-state index in [1.807, 2.05) is 18.5 Å². The average molecular weight is 357 g/mol. The summed E-state index contributed by atoms with van der Waals surface area (Å²) in [6.45, 7) is 9.14. The van der Waals surface area contributed by atoms with Gasteiger partial charge in [-0.15, -0.1) is 0 Å². The van der Waals surface area contributed by atoms with Gasteiger partial charge in [0, 0.05) is 18.5 Å². The van der Waals surface area contributed by atoms with Gasteiger partial charge >= 0.3 is 6.03 Å². The molecule has 7 nitrogen and oxygen atoms in total. The number of hydrogen-bond donors (Lipinski definition) is 2. The van der Waals surface area contributed by atoms with Crippen LogP contribution in [0.3, 0.4) is 0 Å². The van der Waals surface area contributed by atoms with E-state index in [0.717, 1.165) is 61.0 Å². The zero-order valence-electron chi connectivity index (χ0n) is 15.9. The lowest BCUT2D eigenvalue weighted by Gasteiger charge is -2.35. The van der Waals surface area contributed by atoms with Gasteiger partial charge in [-0.05, 0) is 44.6 Å². The summed E-state index contributed by atoms with van der Waals surface area (Å²) in [5.74, 6) is 3.50. The van der Waals surface area contributed by atoms with Crippen LogP contribution in [0.2, 0.25) is 0 Å². The van der Waals surface area contributed by atoms with E-state index in [-0.39, 0.29) is 23.5 Å². The number of aromatic nitrogens is 3. The Morgan fingerprint density at radius 2 is 2.08 bits per heavy atom. The van der Waals surface area contributed by atoms with E-state index in [4.69, 9.17) is 4.42 Å². The molecule has 0 saturated heterocycles. The van der Waals surface area contributed by atoms with Gasteiger partial charge in [-0.2, -0.15) is 5.10 Å². The monoisotopic (exact) mass is 357 g/mol. The van der Waals surface area contributed by atoms with Crippen molar-refractivity contribution in [2.24, 2.45) is 5.41 Å². The Balaban J connectivity index is 1.49. The van der Waals surface area contributed by atoms with Crippen LogP contribution < -0.4 is 10.6 Å². The van der Waals surface area contributed by atoms with Crippen LogP contribution in [0.5, 0.6) is 0 Å². The fourth-order valence-electron chi connectivity index (χ4n) is 4.28. The van der Waals surface area contributed by atoms with E-state index in [0.29, 0.717) is 0 Å². The van der Waals surface area contributed by atoms with Crippen molar-refractivity contribution >= 4 is 6.03 Å². The van der Waals surface area contributed by atoms with Gasteiger partial charge in [-0.1, -0.05) is 13.8 Å². The number of amides is 2. The van der Waals surface area contributed by atoms with Gasteiger partial charge < -0.3 is 15.1 Å². The second kappa shape index (κ2) is 6.14. The van der Waals surface area contributed by atoms with E-state index in [1.165, 1.54) is 0 Å². The van der Waals surface area contributed by atoms with Gasteiger partial charge in [0.05, 0.1) is 12.1 Å². The normalized spacial score (nSPS) is 23.8. The summed E-state index contributed by atoms with van der Waals surface area (Å²) in [6, 6.07) is 1.77. The van der Waals surface area contributed by atoms with Crippen LogP contribution in [-0.2, 0) is 13.0 Å². The van der Waals surface area contributed by atoms with E-state index in [9.17, 15) is 4.79 Å². The predicted molar refractivity (Wildman–Crippen MR) is 96.7 cm³/mol. The Labute approximate surface area is 153 Å². The minimum atomic E-state index is -0.156. The van der Waals surface area contributed by atoms with Crippen molar-refractivity contribution in [3.8, 4) is 0 Å². The Morgan fingerprint density at radius 1 is 1.31 bits per heavy atom. The molecule has 7 heteroatoms. The molecule has 0 saturated carbocycles. The SMILES string of the molecule is Cc1nc2n(n1)CCCC2NC(=O)NC1CC(C)(C)Cc2oc(C)cc21. The lowest BCUT2D eigenvalue weighted by Crippen LogP contribution is -2.44. The molecule has 4 rings (SSSR count). The molecule has 2 aliphatic rings. The number of carbonyl (C=O) groups excluding carboxylic acids is 1. The van der Waals surface area contributed by atoms with E-state index in [2.05, 4.69) is 40.6 Å². The average Bonchev–Trinajstić information content (AvgIpc) is 3.08. The van der Waals surface area contributed by atoms with Gasteiger partial charge in [0.25, 0.3) is 0 Å². The molecule has 3 heterocycles. The van der Waals surface area contributed by atoms with Crippen LogP contribution >= 0.6 is 0 Å². The Kier molecular flexibility index (Phi) is 4.04. The quantitative estimate of drug-likeness (QED) is 0.863. The van der Waals surface area contributed by atoms with E-state index < -0.39 is 0 Å². The van der Waals surface area contributed by atoms with Crippen molar-refractivity contribution < 1.29 is 9.21 Å². The van der Waals surface area contributed by atoms with Crippen LogP contribution in [0.25, 0.3) is 0 Å². The van der Waals surface area contributed by atoms with Crippen LogP contribution in [-0.4, -0.2) is 20.8 Å². The number of carbonyl (C=O) groups is 1. The van der Waals surface area contributed by atoms with E-state index in [1.54, 1.807) is 0 Å². The molecule has 26 heavy (non-hydrogen) atoms. The van der Waals surface area contributed by atoms with Crippen molar-refractivity contribution in [2.75, 3.05) is 0 Å². The predicted octanol–water partition coefficient (Wildman–Crippen LogP) is 3.34. The zero-order valence-corrected chi connectivity index (χ0v) is 15.9.